The Morgan fingerprint density at radius 1 is 1.03 bits per heavy atom. The molecule has 0 N–H and O–H groups in total. The number of carbonyl (C=O) groups excluding carboxylic acids is 1. The Bertz CT molecular complexity index is 770. The molecule has 0 aromatic carbocycles. The van der Waals surface area contributed by atoms with Crippen molar-refractivity contribution in [1.29, 1.82) is 0 Å². The molecule has 0 saturated heterocycles. The molecule has 0 aromatic heterocycles. The van der Waals surface area contributed by atoms with Crippen molar-refractivity contribution in [1.82, 2.24) is 0 Å². The average Bonchev–Trinajstić information content (AvgIpc) is 2.92. The van der Waals surface area contributed by atoms with Crippen molar-refractivity contribution in [3.8, 4) is 0 Å². The van der Waals surface area contributed by atoms with Crippen LogP contribution in [0.2, 0.25) is 18.1 Å². The number of carbonyl (C=O) groups is 1. The predicted octanol–water partition coefficient (Wildman–Crippen LogP) is 7.07. The molecule has 0 aliphatic heterocycles. The van der Waals surface area contributed by atoms with Crippen LogP contribution in [0.25, 0.3) is 0 Å². The molecule has 4 aliphatic carbocycles. The summed E-state index contributed by atoms with van der Waals surface area (Å²) >= 11 is 0. The molecular formula is C26H42O2Si. The molecule has 0 aromatic rings. The van der Waals surface area contributed by atoms with Gasteiger partial charge in [-0.15, -0.1) is 0 Å². The number of hydrogen-bond acceptors (Lipinski definition) is 2. The predicted molar refractivity (Wildman–Crippen MR) is 123 cm³/mol. The molecular weight excluding hydrogens is 372 g/mol. The summed E-state index contributed by atoms with van der Waals surface area (Å²) in [7, 11) is -1.77. The van der Waals surface area contributed by atoms with Gasteiger partial charge in [0.25, 0.3) is 0 Å². The fourth-order valence-corrected chi connectivity index (χ4v) is 8.50. The van der Waals surface area contributed by atoms with Crippen LogP contribution in [-0.4, -0.2) is 20.2 Å². The van der Waals surface area contributed by atoms with Gasteiger partial charge >= 0.3 is 0 Å². The quantitative estimate of drug-likeness (QED) is 0.451. The number of allylic oxidation sites excluding steroid dienone is 4. The zero-order valence-corrected chi connectivity index (χ0v) is 21.0. The van der Waals surface area contributed by atoms with Gasteiger partial charge in [-0.05, 0) is 97.4 Å². The number of ketones is 1. The second-order valence-corrected chi connectivity index (χ2v) is 17.4. The van der Waals surface area contributed by atoms with Crippen LogP contribution in [0.15, 0.2) is 23.3 Å². The van der Waals surface area contributed by atoms with E-state index < -0.39 is 8.32 Å². The first kappa shape index (κ1) is 21.6. The summed E-state index contributed by atoms with van der Waals surface area (Å²) in [6, 6.07) is 0. The number of fused-ring (bicyclic) bond motifs is 5. The van der Waals surface area contributed by atoms with Crippen molar-refractivity contribution in [2.45, 2.75) is 104 Å². The van der Waals surface area contributed by atoms with Gasteiger partial charge in [-0.25, -0.2) is 0 Å². The van der Waals surface area contributed by atoms with Crippen LogP contribution in [0.5, 0.6) is 0 Å². The Kier molecular flexibility index (Phi) is 4.95. The molecule has 0 heterocycles. The molecule has 162 valence electrons. The zero-order chi connectivity index (χ0) is 21.4. The van der Waals surface area contributed by atoms with E-state index in [1.165, 1.54) is 36.8 Å². The van der Waals surface area contributed by atoms with Gasteiger partial charge in [0, 0.05) is 6.42 Å². The fraction of sp³-hybridized carbons (Fsp3) is 0.808. The lowest BCUT2D eigenvalue weighted by atomic mass is 9.48. The fourth-order valence-electron chi connectivity index (χ4n) is 7.05. The van der Waals surface area contributed by atoms with E-state index in [-0.39, 0.29) is 10.5 Å². The largest absolute Gasteiger partial charge is 0.413 e. The summed E-state index contributed by atoms with van der Waals surface area (Å²) in [6.07, 6.45) is 11.6. The van der Waals surface area contributed by atoms with Crippen LogP contribution in [0.1, 0.15) is 80.1 Å². The Labute approximate surface area is 179 Å². The highest BCUT2D eigenvalue weighted by Gasteiger charge is 2.60. The van der Waals surface area contributed by atoms with Crippen LogP contribution >= 0.6 is 0 Å². The second kappa shape index (κ2) is 6.66. The summed E-state index contributed by atoms with van der Waals surface area (Å²) in [5, 5.41) is 0.265. The second-order valence-electron chi connectivity index (χ2n) is 12.6. The molecule has 2 nitrogen and oxygen atoms in total. The van der Waals surface area contributed by atoms with Gasteiger partial charge in [-0.2, -0.15) is 0 Å². The molecule has 2 fully saturated rings. The highest BCUT2D eigenvalue weighted by molar-refractivity contribution is 6.74. The highest BCUT2D eigenvalue weighted by Crippen LogP contribution is 2.66. The molecule has 4 aliphatic rings. The van der Waals surface area contributed by atoms with Crippen LogP contribution < -0.4 is 0 Å². The molecule has 6 atom stereocenters. The van der Waals surface area contributed by atoms with Crippen molar-refractivity contribution in [2.24, 2.45) is 28.6 Å². The Balaban J connectivity index is 1.66. The van der Waals surface area contributed by atoms with Gasteiger partial charge in [0.05, 0.1) is 6.10 Å². The zero-order valence-electron chi connectivity index (χ0n) is 20.0. The first-order valence-electron chi connectivity index (χ1n) is 11.9. The molecule has 0 amide bonds. The van der Waals surface area contributed by atoms with E-state index in [0.717, 1.165) is 18.8 Å². The first-order chi connectivity index (χ1) is 13.3. The lowest BCUT2D eigenvalue weighted by Crippen LogP contribution is -2.53. The van der Waals surface area contributed by atoms with E-state index in [4.69, 9.17) is 4.43 Å². The SMILES string of the molecule is CC1=CC2=CC(=O)CC[C@]2(C)[C@H]2CC[C@]3(C)[C@@H](O[Si](C)(C)C(C)(C)C)CC[C@H]3[C@H]12. The van der Waals surface area contributed by atoms with E-state index in [1.54, 1.807) is 0 Å². The summed E-state index contributed by atoms with van der Waals surface area (Å²) in [6.45, 7) is 19.2. The van der Waals surface area contributed by atoms with E-state index in [2.05, 4.69) is 60.7 Å². The molecule has 3 heteroatoms. The summed E-state index contributed by atoms with van der Waals surface area (Å²) < 4.78 is 7.06. The van der Waals surface area contributed by atoms with Gasteiger partial charge in [0.2, 0.25) is 0 Å². The maximum Gasteiger partial charge on any atom is 0.192 e. The van der Waals surface area contributed by atoms with E-state index >= 15 is 0 Å². The average molecular weight is 415 g/mol. The van der Waals surface area contributed by atoms with E-state index in [1.807, 2.05) is 6.08 Å². The van der Waals surface area contributed by atoms with Crippen molar-refractivity contribution >= 4 is 14.1 Å². The maximum absolute atomic E-state index is 12.1. The van der Waals surface area contributed by atoms with E-state index in [0.29, 0.717) is 29.1 Å². The standard InChI is InChI=1S/C26H42O2Si/c1-17-15-18-16-19(27)11-13-25(18,5)21-12-14-26(6)20(23(17)21)9-10-22(26)28-29(7,8)24(2,3)4/h15-16,20-23H,9-14H2,1-8H3/t20-,21-,22-,23-,25-,26-/m0/s1. The highest BCUT2D eigenvalue weighted by atomic mass is 28.4. The number of hydrogen-bond donors (Lipinski definition) is 0. The summed E-state index contributed by atoms with van der Waals surface area (Å²) in [4.78, 5) is 12.1. The third kappa shape index (κ3) is 3.17. The van der Waals surface area contributed by atoms with Crippen LogP contribution in [-0.2, 0) is 9.22 Å². The molecule has 0 bridgehead atoms. The maximum atomic E-state index is 12.1. The van der Waals surface area contributed by atoms with Crippen LogP contribution in [0, 0.1) is 28.6 Å². The van der Waals surface area contributed by atoms with Crippen molar-refractivity contribution < 1.29 is 9.22 Å². The van der Waals surface area contributed by atoms with E-state index in [9.17, 15) is 4.79 Å². The molecule has 29 heavy (non-hydrogen) atoms. The monoisotopic (exact) mass is 414 g/mol. The lowest BCUT2D eigenvalue weighted by Gasteiger charge is -2.57. The normalized spacial score (nSPS) is 42.6. The smallest absolute Gasteiger partial charge is 0.192 e. The van der Waals surface area contributed by atoms with Gasteiger partial charge in [-0.3, -0.25) is 4.79 Å². The first-order valence-corrected chi connectivity index (χ1v) is 14.8. The summed E-state index contributed by atoms with van der Waals surface area (Å²) in [5.74, 6) is 2.40. The minimum Gasteiger partial charge on any atom is -0.413 e. The van der Waals surface area contributed by atoms with Gasteiger partial charge in [0.1, 0.15) is 0 Å². The minimum atomic E-state index is -1.77. The van der Waals surface area contributed by atoms with Crippen molar-refractivity contribution in [3.05, 3.63) is 23.3 Å². The van der Waals surface area contributed by atoms with Crippen LogP contribution in [0.3, 0.4) is 0 Å². The van der Waals surface area contributed by atoms with Gasteiger partial charge in [0.15, 0.2) is 14.1 Å². The van der Waals surface area contributed by atoms with Gasteiger partial charge < -0.3 is 4.43 Å². The van der Waals surface area contributed by atoms with Crippen molar-refractivity contribution in [3.63, 3.8) is 0 Å². The van der Waals surface area contributed by atoms with Crippen molar-refractivity contribution in [2.75, 3.05) is 0 Å². The lowest BCUT2D eigenvalue weighted by molar-refractivity contribution is -0.116. The topological polar surface area (TPSA) is 26.3 Å². The Morgan fingerprint density at radius 2 is 1.72 bits per heavy atom. The van der Waals surface area contributed by atoms with Gasteiger partial charge in [-0.1, -0.05) is 46.3 Å². The third-order valence-corrected chi connectivity index (χ3v) is 14.5. The molecule has 0 unspecified atom stereocenters. The number of rotatable bonds is 2. The Hall–Kier alpha value is -0.673. The molecule has 2 saturated carbocycles. The third-order valence-electron chi connectivity index (χ3n) is 10.0. The molecule has 4 rings (SSSR count). The molecule has 0 spiro atoms. The molecule has 0 radical (unpaired) electrons. The summed E-state index contributed by atoms with van der Waals surface area (Å²) in [5.41, 5.74) is 3.34. The van der Waals surface area contributed by atoms with Crippen LogP contribution in [0.4, 0.5) is 0 Å². The minimum absolute atomic E-state index is 0.192. The Morgan fingerprint density at radius 3 is 2.38 bits per heavy atom.